The number of fused-ring (bicyclic) bond motifs is 6. The fraction of sp³-hybridized carbons (Fsp3) is 0.431. The normalized spacial score (nSPS) is 18.3. The van der Waals surface area contributed by atoms with Gasteiger partial charge in [0.2, 0.25) is 0 Å². The van der Waals surface area contributed by atoms with Crippen LogP contribution in [0.15, 0.2) is 103 Å². The Morgan fingerprint density at radius 2 is 0.928 bits per heavy atom. The van der Waals surface area contributed by atoms with Crippen molar-refractivity contribution in [1.82, 2.24) is 0 Å². The summed E-state index contributed by atoms with van der Waals surface area (Å²) in [6.07, 6.45) is 4.66. The highest BCUT2D eigenvalue weighted by molar-refractivity contribution is 7.00. The molecule has 0 atom stereocenters. The molecule has 0 unspecified atom stereocenters. The highest BCUT2D eigenvalue weighted by Crippen LogP contribution is 2.54. The number of anilines is 6. The van der Waals surface area contributed by atoms with E-state index in [0.29, 0.717) is 5.56 Å². The molecule has 3 nitrogen and oxygen atoms in total. The summed E-state index contributed by atoms with van der Waals surface area (Å²) in [6, 6.07) is 43.1. The fourth-order valence-corrected chi connectivity index (χ4v) is 12.4. The predicted octanol–water partition coefficient (Wildman–Crippen LogP) is 15.9. The van der Waals surface area contributed by atoms with Crippen LogP contribution in [-0.2, 0) is 37.9 Å². The molecule has 4 aliphatic rings. The van der Waals surface area contributed by atoms with Crippen molar-refractivity contribution in [1.29, 1.82) is 5.26 Å². The molecular weight excluding hydrogens is 834 g/mol. The highest BCUT2D eigenvalue weighted by Gasteiger charge is 2.48. The maximum absolute atomic E-state index is 10.7. The van der Waals surface area contributed by atoms with Crippen LogP contribution >= 0.6 is 0 Å². The summed E-state index contributed by atoms with van der Waals surface area (Å²) in [5.74, 6) is 0. The van der Waals surface area contributed by atoms with Gasteiger partial charge in [-0.05, 0) is 174 Å². The number of nitrogens with zero attached hydrogens (tertiary/aromatic N) is 3. The Morgan fingerprint density at radius 3 is 1.51 bits per heavy atom. The summed E-state index contributed by atoms with van der Waals surface area (Å²) in [6.45, 7) is 40.7. The maximum atomic E-state index is 10.7. The third-order valence-electron chi connectivity index (χ3n) is 17.3. The van der Waals surface area contributed by atoms with Gasteiger partial charge >= 0.3 is 0 Å². The van der Waals surface area contributed by atoms with Gasteiger partial charge in [0.05, 0.1) is 17.3 Å². The van der Waals surface area contributed by atoms with E-state index >= 15 is 0 Å². The first kappa shape index (κ1) is 47.2. The number of nitriles is 1. The first-order chi connectivity index (χ1) is 32.0. The van der Waals surface area contributed by atoms with Crippen LogP contribution in [0.3, 0.4) is 0 Å². The van der Waals surface area contributed by atoms with Gasteiger partial charge in [0, 0.05) is 39.6 Å². The lowest BCUT2D eigenvalue weighted by Gasteiger charge is -2.48. The molecule has 0 bridgehead atoms. The summed E-state index contributed by atoms with van der Waals surface area (Å²) in [5, 5.41) is 10.7. The summed E-state index contributed by atoms with van der Waals surface area (Å²) in [4.78, 5) is 5.29. The van der Waals surface area contributed by atoms with Crippen LogP contribution in [0.4, 0.5) is 34.1 Å². The molecule has 0 amide bonds. The molecule has 0 spiro atoms. The van der Waals surface area contributed by atoms with Crippen molar-refractivity contribution in [3.8, 4) is 17.2 Å². The van der Waals surface area contributed by atoms with Crippen molar-refractivity contribution in [3.05, 3.63) is 148 Å². The van der Waals surface area contributed by atoms with E-state index in [1.54, 1.807) is 0 Å². The molecule has 2 heterocycles. The van der Waals surface area contributed by atoms with Gasteiger partial charge < -0.3 is 9.80 Å². The molecule has 4 heteroatoms. The molecule has 6 aromatic carbocycles. The molecule has 10 rings (SSSR count). The molecule has 0 N–H and O–H groups in total. The van der Waals surface area contributed by atoms with E-state index in [1.807, 2.05) is 12.1 Å². The predicted molar refractivity (Wildman–Crippen MR) is 297 cm³/mol. The Kier molecular flexibility index (Phi) is 10.4. The van der Waals surface area contributed by atoms with E-state index in [2.05, 4.69) is 225 Å². The van der Waals surface area contributed by atoms with Gasteiger partial charge in [0.15, 0.2) is 0 Å². The first-order valence-electron chi connectivity index (χ1n) is 25.9. The van der Waals surface area contributed by atoms with Crippen LogP contribution in [0.2, 0.25) is 0 Å². The largest absolute Gasteiger partial charge is 0.311 e. The van der Waals surface area contributed by atoms with E-state index in [9.17, 15) is 5.26 Å². The highest BCUT2D eigenvalue weighted by atomic mass is 15.2. The lowest BCUT2D eigenvalue weighted by atomic mass is 9.32. The van der Waals surface area contributed by atoms with Crippen LogP contribution in [0.1, 0.15) is 188 Å². The average Bonchev–Trinajstić information content (AvgIpc) is 3.27. The van der Waals surface area contributed by atoms with Crippen molar-refractivity contribution < 1.29 is 0 Å². The lowest BCUT2D eigenvalue weighted by molar-refractivity contribution is 0.332. The zero-order valence-corrected chi connectivity index (χ0v) is 45.1. The van der Waals surface area contributed by atoms with E-state index in [1.165, 1.54) is 90.2 Å². The van der Waals surface area contributed by atoms with Gasteiger partial charge in [0.25, 0.3) is 6.71 Å². The summed E-state index contributed by atoms with van der Waals surface area (Å²) in [5.41, 5.74) is 23.8. The standard InChI is InChI=1S/C65H76BN3/c1-59(2,3)41-22-26-53(46(32-41)45-21-19-18-20-40(45)39-67)69-54-27-23-42(60(4,5)6)33-51(54)66-52-37-49-50(65(16,17)31-30-64(49,14)15)38-55(52)68(56-34-43(61(7,8)9)35-57(69)58(56)66)44-24-25-47-48(36-44)63(12,13)29-28-62(47,10)11/h18-27,32-38H,28-31H2,1-17H3. The molecule has 2 aliphatic carbocycles. The van der Waals surface area contributed by atoms with E-state index < -0.39 is 0 Å². The zero-order valence-electron chi connectivity index (χ0n) is 45.1. The van der Waals surface area contributed by atoms with Crippen molar-refractivity contribution in [2.45, 2.75) is 181 Å². The number of rotatable bonds is 3. The third kappa shape index (κ3) is 7.51. The van der Waals surface area contributed by atoms with Crippen molar-refractivity contribution in [2.75, 3.05) is 9.80 Å². The zero-order chi connectivity index (χ0) is 49.8. The molecule has 0 fully saturated rings. The summed E-state index contributed by atoms with van der Waals surface area (Å²) in [7, 11) is 0. The van der Waals surface area contributed by atoms with Crippen LogP contribution in [0, 0.1) is 11.3 Å². The second-order valence-electron chi connectivity index (χ2n) is 27.2. The minimum absolute atomic E-state index is 0.0216. The van der Waals surface area contributed by atoms with E-state index in [-0.39, 0.29) is 44.6 Å². The monoisotopic (exact) mass is 910 g/mol. The van der Waals surface area contributed by atoms with Crippen LogP contribution in [0.5, 0.6) is 0 Å². The Balaban J connectivity index is 1.38. The second kappa shape index (κ2) is 15.2. The fourth-order valence-electron chi connectivity index (χ4n) is 12.4. The number of hydrogen-bond donors (Lipinski definition) is 0. The van der Waals surface area contributed by atoms with Crippen LogP contribution in [-0.4, -0.2) is 6.71 Å². The topological polar surface area (TPSA) is 30.3 Å². The number of hydrogen-bond acceptors (Lipinski definition) is 3. The lowest BCUT2D eigenvalue weighted by Crippen LogP contribution is -2.62. The molecule has 0 aromatic heterocycles. The molecule has 0 saturated carbocycles. The first-order valence-corrected chi connectivity index (χ1v) is 25.9. The average molecular weight is 910 g/mol. The van der Waals surface area contributed by atoms with Crippen molar-refractivity contribution >= 4 is 57.2 Å². The van der Waals surface area contributed by atoms with Gasteiger partial charge in [-0.15, -0.1) is 0 Å². The molecule has 6 aromatic rings. The van der Waals surface area contributed by atoms with Gasteiger partial charge in [-0.1, -0.05) is 166 Å². The van der Waals surface area contributed by atoms with Gasteiger partial charge in [-0.3, -0.25) is 0 Å². The molecule has 0 radical (unpaired) electrons. The van der Waals surface area contributed by atoms with Gasteiger partial charge in [-0.25, -0.2) is 0 Å². The Hall–Kier alpha value is -5.53. The summed E-state index contributed by atoms with van der Waals surface area (Å²) < 4.78 is 0. The third-order valence-corrected chi connectivity index (χ3v) is 17.3. The number of benzene rings is 6. The van der Waals surface area contributed by atoms with Crippen molar-refractivity contribution in [2.24, 2.45) is 0 Å². The van der Waals surface area contributed by atoms with Crippen LogP contribution < -0.4 is 26.2 Å². The maximum Gasteiger partial charge on any atom is 0.252 e. The smallest absolute Gasteiger partial charge is 0.252 e. The SMILES string of the molecule is CC(C)(C)c1ccc2c(c1)B1c3cc4c(cc3N(c3ccc5c(c3)C(C)(C)CCC5(C)C)c3cc(C(C)(C)C)cc(c31)N2c1ccc(C(C)(C)C)cc1-c1ccccc1C#N)C(C)(C)CCC4(C)C. The second-order valence-corrected chi connectivity index (χ2v) is 27.2. The summed E-state index contributed by atoms with van der Waals surface area (Å²) >= 11 is 0. The Labute approximate surface area is 416 Å². The van der Waals surface area contributed by atoms with Crippen molar-refractivity contribution in [3.63, 3.8) is 0 Å². The Bertz CT molecular complexity index is 3150. The van der Waals surface area contributed by atoms with Gasteiger partial charge in [0.1, 0.15) is 0 Å². The molecule has 69 heavy (non-hydrogen) atoms. The molecular formula is C65H76BN3. The minimum Gasteiger partial charge on any atom is -0.311 e. The van der Waals surface area contributed by atoms with E-state index in [0.717, 1.165) is 36.1 Å². The molecule has 0 saturated heterocycles. The quantitative estimate of drug-likeness (QED) is 0.166. The Morgan fingerprint density at radius 1 is 0.435 bits per heavy atom. The minimum atomic E-state index is -0.162. The van der Waals surface area contributed by atoms with E-state index in [4.69, 9.17) is 0 Å². The molecule has 354 valence electrons. The molecule has 2 aliphatic heterocycles. The van der Waals surface area contributed by atoms with Crippen LogP contribution in [0.25, 0.3) is 11.1 Å². The van der Waals surface area contributed by atoms with Gasteiger partial charge in [-0.2, -0.15) is 5.26 Å².